The zero-order valence-electron chi connectivity index (χ0n) is 18.3. The van der Waals surface area contributed by atoms with Crippen LogP contribution in [0.4, 0.5) is 0 Å². The summed E-state index contributed by atoms with van der Waals surface area (Å²) in [6.45, 7) is 11.4. The highest BCUT2D eigenvalue weighted by Gasteiger charge is 2.27. The number of rotatable bonds is 7. The summed E-state index contributed by atoms with van der Waals surface area (Å²) in [6, 6.07) is 13.4. The minimum atomic E-state index is -0.330. The van der Waals surface area contributed by atoms with Gasteiger partial charge < -0.3 is 14.2 Å². The summed E-state index contributed by atoms with van der Waals surface area (Å²) in [5.41, 5.74) is 4.83. The maximum Gasteiger partial charge on any atom is 0.277 e. The van der Waals surface area contributed by atoms with E-state index in [0.717, 1.165) is 12.0 Å². The van der Waals surface area contributed by atoms with Crippen molar-refractivity contribution in [2.45, 2.75) is 46.5 Å². The zero-order chi connectivity index (χ0) is 21.8. The Morgan fingerprint density at radius 3 is 2.47 bits per heavy atom. The molecule has 0 saturated heterocycles. The third-order valence-corrected chi connectivity index (χ3v) is 4.78. The molecule has 0 atom stereocenters. The monoisotopic (exact) mass is 410 g/mol. The molecule has 30 heavy (non-hydrogen) atoms. The van der Waals surface area contributed by atoms with E-state index in [9.17, 15) is 4.79 Å². The van der Waals surface area contributed by atoms with E-state index in [-0.39, 0.29) is 30.1 Å². The standard InChI is InChI=1S/C24H30N2O4/c1-23(2,3)15-24(4,5)18-7-9-19(10-8-18)28-14-22(27)26-25-13-17-6-11-20-21(12-17)30-16-29-20/h6-13H,14-16H2,1-5H3,(H,26,27). The number of nitrogens with zero attached hydrogens (tertiary/aromatic N) is 1. The summed E-state index contributed by atoms with van der Waals surface area (Å²) in [5.74, 6) is 1.70. The van der Waals surface area contributed by atoms with E-state index in [1.807, 2.05) is 18.2 Å². The van der Waals surface area contributed by atoms with Gasteiger partial charge in [-0.25, -0.2) is 5.43 Å². The minimum Gasteiger partial charge on any atom is -0.484 e. The van der Waals surface area contributed by atoms with Gasteiger partial charge in [0.05, 0.1) is 6.21 Å². The van der Waals surface area contributed by atoms with E-state index >= 15 is 0 Å². The number of carbonyl (C=O) groups is 1. The van der Waals surface area contributed by atoms with Gasteiger partial charge in [0, 0.05) is 0 Å². The van der Waals surface area contributed by atoms with Crippen LogP contribution >= 0.6 is 0 Å². The molecule has 0 spiro atoms. The van der Waals surface area contributed by atoms with Gasteiger partial charge in [0.25, 0.3) is 5.91 Å². The van der Waals surface area contributed by atoms with Crippen molar-refractivity contribution in [1.82, 2.24) is 5.43 Å². The van der Waals surface area contributed by atoms with E-state index in [4.69, 9.17) is 14.2 Å². The van der Waals surface area contributed by atoms with Crippen LogP contribution in [-0.2, 0) is 10.2 Å². The van der Waals surface area contributed by atoms with Gasteiger partial charge in [0.2, 0.25) is 6.79 Å². The Labute approximate surface area is 178 Å². The Morgan fingerprint density at radius 2 is 1.77 bits per heavy atom. The third-order valence-electron chi connectivity index (χ3n) is 4.78. The predicted octanol–water partition coefficient (Wildman–Crippen LogP) is 4.66. The van der Waals surface area contributed by atoms with E-state index in [2.05, 4.69) is 57.3 Å². The van der Waals surface area contributed by atoms with Crippen molar-refractivity contribution in [2.75, 3.05) is 13.4 Å². The molecule has 1 amide bonds. The maximum atomic E-state index is 12.0. The second kappa shape index (κ2) is 8.78. The molecule has 0 aliphatic carbocycles. The molecule has 2 aromatic carbocycles. The summed E-state index contributed by atoms with van der Waals surface area (Å²) < 4.78 is 16.2. The molecule has 1 aliphatic rings. The largest absolute Gasteiger partial charge is 0.484 e. The molecule has 0 saturated carbocycles. The van der Waals surface area contributed by atoms with Crippen LogP contribution < -0.4 is 19.6 Å². The van der Waals surface area contributed by atoms with Crippen LogP contribution in [0.25, 0.3) is 0 Å². The van der Waals surface area contributed by atoms with E-state index in [1.54, 1.807) is 18.3 Å². The topological polar surface area (TPSA) is 69.2 Å². The molecular weight excluding hydrogens is 380 g/mol. The first-order valence-electron chi connectivity index (χ1n) is 10.1. The molecule has 3 rings (SSSR count). The minimum absolute atomic E-state index is 0.0671. The number of hydrazone groups is 1. The maximum absolute atomic E-state index is 12.0. The number of ether oxygens (including phenoxy) is 3. The van der Waals surface area contributed by atoms with Crippen molar-refractivity contribution >= 4 is 12.1 Å². The van der Waals surface area contributed by atoms with E-state index < -0.39 is 0 Å². The third kappa shape index (κ3) is 5.99. The second-order valence-corrected chi connectivity index (χ2v) is 9.34. The molecule has 0 bridgehead atoms. The molecule has 0 radical (unpaired) electrons. The zero-order valence-corrected chi connectivity index (χ0v) is 18.3. The highest BCUT2D eigenvalue weighted by molar-refractivity contribution is 5.83. The van der Waals surface area contributed by atoms with Crippen LogP contribution in [0.15, 0.2) is 47.6 Å². The lowest BCUT2D eigenvalue weighted by Gasteiger charge is -2.33. The highest BCUT2D eigenvalue weighted by Crippen LogP contribution is 2.36. The summed E-state index contributed by atoms with van der Waals surface area (Å²) in [5, 5.41) is 3.96. The van der Waals surface area contributed by atoms with Gasteiger partial charge >= 0.3 is 0 Å². The quantitative estimate of drug-likeness (QED) is 0.532. The molecule has 2 aromatic rings. The lowest BCUT2D eigenvalue weighted by molar-refractivity contribution is -0.123. The number of hydrogen-bond acceptors (Lipinski definition) is 5. The van der Waals surface area contributed by atoms with Crippen LogP contribution in [0.1, 0.15) is 52.2 Å². The fourth-order valence-electron chi connectivity index (χ4n) is 3.78. The number of fused-ring (bicyclic) bond motifs is 1. The lowest BCUT2D eigenvalue weighted by atomic mass is 9.72. The Kier molecular flexibility index (Phi) is 6.34. The van der Waals surface area contributed by atoms with Crippen LogP contribution in [0.5, 0.6) is 17.2 Å². The van der Waals surface area contributed by atoms with Crippen LogP contribution in [0, 0.1) is 5.41 Å². The first kappa shape index (κ1) is 21.7. The van der Waals surface area contributed by atoms with Crippen molar-refractivity contribution < 1.29 is 19.0 Å². The van der Waals surface area contributed by atoms with Gasteiger partial charge in [-0.2, -0.15) is 5.10 Å². The Hall–Kier alpha value is -3.02. The number of nitrogens with one attached hydrogen (secondary N) is 1. The van der Waals surface area contributed by atoms with Crippen molar-refractivity contribution in [3.63, 3.8) is 0 Å². The summed E-state index contributed by atoms with van der Waals surface area (Å²) >= 11 is 0. The molecule has 1 aliphatic heterocycles. The molecule has 0 fully saturated rings. The second-order valence-electron chi connectivity index (χ2n) is 9.34. The predicted molar refractivity (Wildman–Crippen MR) is 117 cm³/mol. The molecule has 0 unspecified atom stereocenters. The first-order valence-corrected chi connectivity index (χ1v) is 10.1. The average Bonchev–Trinajstić information content (AvgIpc) is 3.13. The summed E-state index contributed by atoms with van der Waals surface area (Å²) in [6.07, 6.45) is 2.62. The molecule has 0 aromatic heterocycles. The fraction of sp³-hybridized carbons (Fsp3) is 0.417. The SMILES string of the molecule is CC(C)(C)CC(C)(C)c1ccc(OCC(=O)NN=Cc2ccc3c(c2)OCO3)cc1. The van der Waals surface area contributed by atoms with Gasteiger partial charge in [0.15, 0.2) is 18.1 Å². The van der Waals surface area contributed by atoms with Gasteiger partial charge in [-0.15, -0.1) is 0 Å². The summed E-state index contributed by atoms with van der Waals surface area (Å²) in [4.78, 5) is 12.0. The lowest BCUT2D eigenvalue weighted by Crippen LogP contribution is -2.25. The van der Waals surface area contributed by atoms with Crippen molar-refractivity contribution in [3.05, 3.63) is 53.6 Å². The van der Waals surface area contributed by atoms with Crippen LogP contribution in [0.2, 0.25) is 0 Å². The summed E-state index contributed by atoms with van der Waals surface area (Å²) in [7, 11) is 0. The fourth-order valence-corrected chi connectivity index (χ4v) is 3.78. The number of amides is 1. The van der Waals surface area contributed by atoms with Crippen molar-refractivity contribution in [1.29, 1.82) is 0 Å². The Morgan fingerprint density at radius 1 is 1.07 bits per heavy atom. The highest BCUT2D eigenvalue weighted by atomic mass is 16.7. The van der Waals surface area contributed by atoms with E-state index in [1.165, 1.54) is 5.56 Å². The average molecular weight is 411 g/mol. The van der Waals surface area contributed by atoms with Gasteiger partial charge in [0.1, 0.15) is 5.75 Å². The van der Waals surface area contributed by atoms with Gasteiger partial charge in [-0.05, 0) is 58.7 Å². The van der Waals surface area contributed by atoms with Gasteiger partial charge in [-0.3, -0.25) is 4.79 Å². The first-order chi connectivity index (χ1) is 14.1. The number of benzene rings is 2. The van der Waals surface area contributed by atoms with Crippen LogP contribution in [0.3, 0.4) is 0 Å². The molecule has 1 N–H and O–H groups in total. The number of hydrogen-bond donors (Lipinski definition) is 1. The Balaban J connectivity index is 1.47. The molecule has 6 nitrogen and oxygen atoms in total. The molecular formula is C24H30N2O4. The Bertz CT molecular complexity index is 912. The van der Waals surface area contributed by atoms with Gasteiger partial charge in [-0.1, -0.05) is 46.8 Å². The number of carbonyl (C=O) groups excluding carboxylic acids is 1. The smallest absolute Gasteiger partial charge is 0.277 e. The van der Waals surface area contributed by atoms with Crippen LogP contribution in [-0.4, -0.2) is 25.5 Å². The molecule has 6 heteroatoms. The van der Waals surface area contributed by atoms with E-state index in [0.29, 0.717) is 17.2 Å². The molecule has 160 valence electrons. The van der Waals surface area contributed by atoms with Crippen molar-refractivity contribution in [3.8, 4) is 17.2 Å². The normalized spacial score (nSPS) is 13.5. The molecule has 1 heterocycles. The van der Waals surface area contributed by atoms with Crippen molar-refractivity contribution in [2.24, 2.45) is 10.5 Å².